The van der Waals surface area contributed by atoms with Crippen molar-refractivity contribution >= 4 is 17.9 Å². The number of nitrogens with zero attached hydrogens (tertiary/aromatic N) is 3. The Kier molecular flexibility index (Phi) is 5.94. The monoisotopic (exact) mass is 301 g/mol. The van der Waals surface area contributed by atoms with Crippen molar-refractivity contribution < 1.29 is 33.3 Å². The van der Waals surface area contributed by atoms with Crippen LogP contribution < -0.4 is 0 Å². The van der Waals surface area contributed by atoms with E-state index in [1.807, 2.05) is 0 Å². The maximum atomic E-state index is 11.1. The molecule has 1 aliphatic heterocycles. The van der Waals surface area contributed by atoms with Crippen LogP contribution in [0.1, 0.15) is 20.8 Å². The van der Waals surface area contributed by atoms with E-state index in [-0.39, 0.29) is 6.54 Å². The average Bonchev–Trinajstić information content (AvgIpc) is 2.63. The number of ether oxygens (including phenoxy) is 4. The molecule has 4 atom stereocenters. The molecule has 10 nitrogen and oxygen atoms in total. The van der Waals surface area contributed by atoms with E-state index in [0.29, 0.717) is 0 Å². The number of carbonyl (C=O) groups excluding carboxylic acids is 3. The Morgan fingerprint density at radius 1 is 1.05 bits per heavy atom. The summed E-state index contributed by atoms with van der Waals surface area (Å²) < 4.78 is 20.2. The lowest BCUT2D eigenvalue weighted by molar-refractivity contribution is -0.195. The van der Waals surface area contributed by atoms with E-state index >= 15 is 0 Å². The maximum absolute atomic E-state index is 11.1. The molecule has 0 saturated carbocycles. The van der Waals surface area contributed by atoms with Crippen molar-refractivity contribution in [2.24, 2.45) is 5.11 Å². The maximum Gasteiger partial charge on any atom is 0.305 e. The molecule has 0 aromatic heterocycles. The molecule has 1 heterocycles. The Hall–Kier alpha value is -2.32. The van der Waals surface area contributed by atoms with E-state index in [1.165, 1.54) is 0 Å². The lowest BCUT2D eigenvalue weighted by Crippen LogP contribution is -2.41. The second-order valence-electron chi connectivity index (χ2n) is 4.21. The van der Waals surface area contributed by atoms with Crippen molar-refractivity contribution in [3.63, 3.8) is 0 Å². The molecule has 0 N–H and O–H groups in total. The van der Waals surface area contributed by atoms with Crippen LogP contribution in [0.5, 0.6) is 0 Å². The summed E-state index contributed by atoms with van der Waals surface area (Å²) in [4.78, 5) is 35.9. The first-order valence-electron chi connectivity index (χ1n) is 6.03. The summed E-state index contributed by atoms with van der Waals surface area (Å²) in [6, 6.07) is 0. The first-order valence-corrected chi connectivity index (χ1v) is 6.03. The molecule has 1 aliphatic rings. The summed E-state index contributed by atoms with van der Waals surface area (Å²) in [5.41, 5.74) is 8.34. The summed E-state index contributed by atoms with van der Waals surface area (Å²) in [7, 11) is 0. The molecule has 21 heavy (non-hydrogen) atoms. The van der Waals surface area contributed by atoms with Gasteiger partial charge in [-0.1, -0.05) is 5.11 Å². The topological polar surface area (TPSA) is 137 Å². The zero-order valence-electron chi connectivity index (χ0n) is 11.7. The van der Waals surface area contributed by atoms with Crippen LogP contribution in [0.3, 0.4) is 0 Å². The molecule has 0 aliphatic carbocycles. The minimum atomic E-state index is -1.24. The number of azide groups is 1. The lowest BCUT2D eigenvalue weighted by atomic mass is 10.1. The summed E-state index contributed by atoms with van der Waals surface area (Å²) in [6.45, 7) is 3.28. The Morgan fingerprint density at radius 3 is 2.05 bits per heavy atom. The van der Waals surface area contributed by atoms with Crippen molar-refractivity contribution in [2.45, 2.75) is 45.4 Å². The molecule has 0 aromatic rings. The second kappa shape index (κ2) is 7.46. The molecule has 1 fully saturated rings. The predicted molar refractivity (Wildman–Crippen MR) is 65.5 cm³/mol. The summed E-state index contributed by atoms with van der Waals surface area (Å²) >= 11 is 0. The highest BCUT2D eigenvalue weighted by molar-refractivity contribution is 5.68. The molecule has 1 saturated heterocycles. The van der Waals surface area contributed by atoms with Crippen molar-refractivity contribution in [1.82, 2.24) is 0 Å². The second-order valence-corrected chi connectivity index (χ2v) is 4.21. The van der Waals surface area contributed by atoms with Gasteiger partial charge in [-0.15, -0.1) is 0 Å². The first kappa shape index (κ1) is 16.7. The van der Waals surface area contributed by atoms with Crippen LogP contribution in [0.15, 0.2) is 5.11 Å². The SMILES string of the molecule is CC(=O)O[C@@H]1O[C@H](CN=[N+]=[N-])[C@@H](OC(C)=O)[C@H]1OC(C)=O. The van der Waals surface area contributed by atoms with E-state index < -0.39 is 42.5 Å². The van der Waals surface area contributed by atoms with Gasteiger partial charge < -0.3 is 18.9 Å². The van der Waals surface area contributed by atoms with Crippen LogP contribution in [0.4, 0.5) is 0 Å². The quantitative estimate of drug-likeness (QED) is 0.236. The zero-order chi connectivity index (χ0) is 16.0. The van der Waals surface area contributed by atoms with Crippen molar-refractivity contribution in [3.8, 4) is 0 Å². The Balaban J connectivity index is 2.98. The molecule has 0 radical (unpaired) electrons. The Labute approximate surface area is 119 Å². The summed E-state index contributed by atoms with van der Waals surface area (Å²) in [5.74, 6) is -1.97. The highest BCUT2D eigenvalue weighted by Crippen LogP contribution is 2.28. The Morgan fingerprint density at radius 2 is 1.57 bits per heavy atom. The van der Waals surface area contributed by atoms with Gasteiger partial charge in [0.15, 0.2) is 6.10 Å². The van der Waals surface area contributed by atoms with Gasteiger partial charge in [0.25, 0.3) is 0 Å². The zero-order valence-corrected chi connectivity index (χ0v) is 11.7. The van der Waals surface area contributed by atoms with Crippen LogP contribution in [0.25, 0.3) is 10.4 Å². The van der Waals surface area contributed by atoms with E-state index in [4.69, 9.17) is 24.5 Å². The Bertz CT molecular complexity index is 446. The van der Waals surface area contributed by atoms with E-state index in [9.17, 15) is 14.4 Å². The molecular weight excluding hydrogens is 286 g/mol. The molecule has 0 bridgehead atoms. The van der Waals surface area contributed by atoms with Gasteiger partial charge in [0.1, 0.15) is 6.10 Å². The lowest BCUT2D eigenvalue weighted by Gasteiger charge is -2.22. The minimum Gasteiger partial charge on any atom is -0.456 e. The van der Waals surface area contributed by atoms with Gasteiger partial charge in [0, 0.05) is 25.7 Å². The molecule has 0 amide bonds. The summed E-state index contributed by atoms with van der Waals surface area (Å²) in [6.07, 6.45) is -4.30. The minimum absolute atomic E-state index is 0.177. The van der Waals surface area contributed by atoms with Crippen LogP contribution in [-0.2, 0) is 33.3 Å². The van der Waals surface area contributed by atoms with Gasteiger partial charge >= 0.3 is 17.9 Å². The van der Waals surface area contributed by atoms with E-state index in [1.54, 1.807) is 0 Å². The average molecular weight is 301 g/mol. The number of hydrogen-bond donors (Lipinski definition) is 0. The van der Waals surface area contributed by atoms with Gasteiger partial charge in [-0.3, -0.25) is 14.4 Å². The largest absolute Gasteiger partial charge is 0.456 e. The third-order valence-electron chi connectivity index (χ3n) is 2.48. The fourth-order valence-corrected chi connectivity index (χ4v) is 1.86. The van der Waals surface area contributed by atoms with Gasteiger partial charge in [0.2, 0.25) is 12.4 Å². The molecular formula is C11H15N3O7. The smallest absolute Gasteiger partial charge is 0.305 e. The fourth-order valence-electron chi connectivity index (χ4n) is 1.86. The van der Waals surface area contributed by atoms with Crippen LogP contribution in [0, 0.1) is 0 Å². The summed E-state index contributed by atoms with van der Waals surface area (Å²) in [5, 5.41) is 3.32. The normalized spacial score (nSPS) is 27.4. The van der Waals surface area contributed by atoms with E-state index in [2.05, 4.69) is 10.0 Å². The van der Waals surface area contributed by atoms with Crippen molar-refractivity contribution in [1.29, 1.82) is 0 Å². The number of esters is 3. The molecule has 0 aromatic carbocycles. The number of carbonyl (C=O) groups is 3. The molecule has 10 heteroatoms. The number of rotatable bonds is 5. The molecule has 0 spiro atoms. The standard InChI is InChI=1S/C11H15N3O7/c1-5(15)18-9-8(4-13-14-12)21-11(20-7(3)17)10(9)19-6(2)16/h8-11H,4H2,1-3H3/t8-,9-,10-,11-/m1/s1. The predicted octanol–water partition coefficient (Wildman–Crippen LogP) is 0.448. The highest BCUT2D eigenvalue weighted by Gasteiger charge is 2.50. The first-order chi connectivity index (χ1) is 9.85. The third-order valence-corrected chi connectivity index (χ3v) is 2.48. The highest BCUT2D eigenvalue weighted by atomic mass is 16.7. The molecule has 1 rings (SSSR count). The fraction of sp³-hybridized carbons (Fsp3) is 0.727. The molecule has 0 unspecified atom stereocenters. The van der Waals surface area contributed by atoms with Gasteiger partial charge in [0.05, 0.1) is 6.54 Å². The third kappa shape index (κ3) is 4.93. The van der Waals surface area contributed by atoms with Gasteiger partial charge in [-0.25, -0.2) is 0 Å². The van der Waals surface area contributed by atoms with Crippen LogP contribution >= 0.6 is 0 Å². The van der Waals surface area contributed by atoms with Gasteiger partial charge in [-0.05, 0) is 5.53 Å². The van der Waals surface area contributed by atoms with Crippen molar-refractivity contribution in [3.05, 3.63) is 10.4 Å². The number of hydrogen-bond acceptors (Lipinski definition) is 8. The van der Waals surface area contributed by atoms with Crippen molar-refractivity contribution in [2.75, 3.05) is 6.54 Å². The molecule has 116 valence electrons. The van der Waals surface area contributed by atoms with Crippen LogP contribution in [0.2, 0.25) is 0 Å². The van der Waals surface area contributed by atoms with E-state index in [0.717, 1.165) is 20.8 Å². The van der Waals surface area contributed by atoms with Gasteiger partial charge in [-0.2, -0.15) is 0 Å². The van der Waals surface area contributed by atoms with Crippen LogP contribution in [-0.4, -0.2) is 49.1 Å².